The lowest BCUT2D eigenvalue weighted by Crippen LogP contribution is -1.97. The summed E-state index contributed by atoms with van der Waals surface area (Å²) in [6, 6.07) is 17.0. The zero-order valence-corrected chi connectivity index (χ0v) is 10.8. The molecular weight excluding hydrogens is 252 g/mol. The van der Waals surface area contributed by atoms with Crippen LogP contribution in [0.4, 0.5) is 5.69 Å². The van der Waals surface area contributed by atoms with Crippen molar-refractivity contribution in [3.05, 3.63) is 60.4 Å². The number of hydrogen-bond donors (Lipinski definition) is 2. The smallest absolute Gasteiger partial charge is 0.181 e. The van der Waals surface area contributed by atoms with E-state index >= 15 is 0 Å². The van der Waals surface area contributed by atoms with Crippen LogP contribution in [0.25, 0.3) is 11.4 Å². The van der Waals surface area contributed by atoms with Crippen LogP contribution in [0.1, 0.15) is 5.82 Å². The van der Waals surface area contributed by atoms with Crippen LogP contribution in [-0.4, -0.2) is 15.2 Å². The normalized spacial score (nSPS) is 10.4. The number of H-pyrrole nitrogens is 1. The SMILES string of the molecule is Nc1ccc(OCc2nc(-c3ccccc3)n[nH]2)cc1. The molecule has 5 heteroatoms. The van der Waals surface area contributed by atoms with E-state index in [9.17, 15) is 0 Å². The molecule has 1 heterocycles. The molecule has 0 aliphatic rings. The molecule has 0 aliphatic carbocycles. The first-order chi connectivity index (χ1) is 9.81. The van der Waals surface area contributed by atoms with E-state index in [-0.39, 0.29) is 0 Å². The van der Waals surface area contributed by atoms with Gasteiger partial charge in [0.25, 0.3) is 0 Å². The molecule has 3 rings (SSSR count). The Labute approximate surface area is 116 Å². The van der Waals surface area contributed by atoms with Gasteiger partial charge >= 0.3 is 0 Å². The van der Waals surface area contributed by atoms with Crippen molar-refractivity contribution in [1.82, 2.24) is 15.2 Å². The monoisotopic (exact) mass is 266 g/mol. The molecule has 0 amide bonds. The number of anilines is 1. The summed E-state index contributed by atoms with van der Waals surface area (Å²) in [6.45, 7) is 0.337. The van der Waals surface area contributed by atoms with Crippen LogP contribution in [0, 0.1) is 0 Å². The average molecular weight is 266 g/mol. The molecule has 1 aromatic heterocycles. The van der Waals surface area contributed by atoms with Crippen molar-refractivity contribution in [2.45, 2.75) is 6.61 Å². The molecule has 3 aromatic rings. The van der Waals surface area contributed by atoms with Gasteiger partial charge in [0, 0.05) is 11.3 Å². The lowest BCUT2D eigenvalue weighted by molar-refractivity contribution is 0.296. The number of nitrogens with one attached hydrogen (secondary N) is 1. The Hall–Kier alpha value is -2.82. The van der Waals surface area contributed by atoms with Gasteiger partial charge in [-0.2, -0.15) is 5.10 Å². The largest absolute Gasteiger partial charge is 0.486 e. The summed E-state index contributed by atoms with van der Waals surface area (Å²) in [5, 5.41) is 7.05. The van der Waals surface area contributed by atoms with E-state index in [1.165, 1.54) is 0 Å². The van der Waals surface area contributed by atoms with Crippen molar-refractivity contribution in [2.24, 2.45) is 0 Å². The van der Waals surface area contributed by atoms with E-state index in [4.69, 9.17) is 10.5 Å². The highest BCUT2D eigenvalue weighted by molar-refractivity contribution is 5.53. The van der Waals surface area contributed by atoms with E-state index in [1.807, 2.05) is 42.5 Å². The van der Waals surface area contributed by atoms with Gasteiger partial charge in [-0.1, -0.05) is 30.3 Å². The van der Waals surface area contributed by atoms with Gasteiger partial charge in [0.15, 0.2) is 11.6 Å². The third-order valence-electron chi connectivity index (χ3n) is 2.82. The molecule has 0 saturated heterocycles. The number of aromatic nitrogens is 3. The van der Waals surface area contributed by atoms with E-state index in [0.717, 1.165) is 11.3 Å². The zero-order valence-electron chi connectivity index (χ0n) is 10.8. The molecule has 0 radical (unpaired) electrons. The third kappa shape index (κ3) is 2.77. The zero-order chi connectivity index (χ0) is 13.8. The third-order valence-corrected chi connectivity index (χ3v) is 2.82. The molecule has 0 unspecified atom stereocenters. The lowest BCUT2D eigenvalue weighted by Gasteiger charge is -2.03. The minimum absolute atomic E-state index is 0.337. The first kappa shape index (κ1) is 12.2. The summed E-state index contributed by atoms with van der Waals surface area (Å²) in [5.74, 6) is 2.10. The van der Waals surface area contributed by atoms with E-state index in [0.29, 0.717) is 23.9 Å². The lowest BCUT2D eigenvalue weighted by atomic mass is 10.2. The van der Waals surface area contributed by atoms with Gasteiger partial charge in [0.1, 0.15) is 12.4 Å². The Kier molecular flexibility index (Phi) is 3.33. The predicted molar refractivity (Wildman–Crippen MR) is 77.0 cm³/mol. The van der Waals surface area contributed by atoms with E-state index in [1.54, 1.807) is 12.1 Å². The predicted octanol–water partition coefficient (Wildman–Crippen LogP) is 2.63. The summed E-state index contributed by atoms with van der Waals surface area (Å²) in [7, 11) is 0. The highest BCUT2D eigenvalue weighted by atomic mass is 16.5. The molecule has 20 heavy (non-hydrogen) atoms. The number of aromatic amines is 1. The first-order valence-electron chi connectivity index (χ1n) is 6.26. The van der Waals surface area contributed by atoms with Crippen LogP contribution >= 0.6 is 0 Å². The second kappa shape index (κ2) is 5.44. The van der Waals surface area contributed by atoms with Crippen molar-refractivity contribution in [1.29, 1.82) is 0 Å². The molecule has 0 saturated carbocycles. The Bertz CT molecular complexity index is 677. The summed E-state index contributed by atoms with van der Waals surface area (Å²) in [6.07, 6.45) is 0. The Morgan fingerprint density at radius 2 is 1.75 bits per heavy atom. The van der Waals surface area contributed by atoms with Gasteiger partial charge in [0.05, 0.1) is 0 Å². The molecule has 0 aliphatic heterocycles. The van der Waals surface area contributed by atoms with Gasteiger partial charge < -0.3 is 10.5 Å². The van der Waals surface area contributed by atoms with Crippen LogP contribution in [0.2, 0.25) is 0 Å². The standard InChI is InChI=1S/C15H14N4O/c16-12-6-8-13(9-7-12)20-10-14-17-15(19-18-14)11-4-2-1-3-5-11/h1-9H,10,16H2,(H,17,18,19). The highest BCUT2D eigenvalue weighted by Crippen LogP contribution is 2.16. The van der Waals surface area contributed by atoms with Crippen LogP contribution in [0.15, 0.2) is 54.6 Å². The molecule has 3 N–H and O–H groups in total. The van der Waals surface area contributed by atoms with Crippen molar-refractivity contribution in [3.8, 4) is 17.1 Å². The van der Waals surface area contributed by atoms with E-state index in [2.05, 4.69) is 15.2 Å². The summed E-state index contributed by atoms with van der Waals surface area (Å²) < 4.78 is 5.61. The van der Waals surface area contributed by atoms with Gasteiger partial charge in [-0.25, -0.2) is 4.98 Å². The maximum Gasteiger partial charge on any atom is 0.181 e. The minimum Gasteiger partial charge on any atom is -0.486 e. The Balaban J connectivity index is 1.67. The maximum atomic E-state index is 5.62. The van der Waals surface area contributed by atoms with Crippen molar-refractivity contribution in [3.63, 3.8) is 0 Å². The summed E-state index contributed by atoms with van der Waals surface area (Å²) in [5.41, 5.74) is 7.30. The van der Waals surface area contributed by atoms with Gasteiger partial charge in [-0.05, 0) is 24.3 Å². The topological polar surface area (TPSA) is 76.8 Å². The molecule has 0 spiro atoms. The molecule has 2 aromatic carbocycles. The molecule has 5 nitrogen and oxygen atoms in total. The summed E-state index contributed by atoms with van der Waals surface area (Å²) >= 11 is 0. The van der Waals surface area contributed by atoms with E-state index < -0.39 is 0 Å². The number of nitrogen functional groups attached to an aromatic ring is 1. The fraction of sp³-hybridized carbons (Fsp3) is 0.0667. The number of nitrogens with two attached hydrogens (primary N) is 1. The highest BCUT2D eigenvalue weighted by Gasteiger charge is 2.05. The number of ether oxygens (including phenoxy) is 1. The van der Waals surface area contributed by atoms with Gasteiger partial charge in [-0.15, -0.1) is 0 Å². The molecule has 100 valence electrons. The fourth-order valence-electron chi connectivity index (χ4n) is 1.79. The number of hydrogen-bond acceptors (Lipinski definition) is 4. The van der Waals surface area contributed by atoms with Crippen LogP contribution in [0.3, 0.4) is 0 Å². The number of rotatable bonds is 4. The fourth-order valence-corrected chi connectivity index (χ4v) is 1.79. The number of nitrogens with zero attached hydrogens (tertiary/aromatic N) is 2. The molecular formula is C15H14N4O. The van der Waals surface area contributed by atoms with Gasteiger partial charge in [-0.3, -0.25) is 5.10 Å². The van der Waals surface area contributed by atoms with Crippen molar-refractivity contribution >= 4 is 5.69 Å². The minimum atomic E-state index is 0.337. The van der Waals surface area contributed by atoms with Crippen LogP contribution in [0.5, 0.6) is 5.75 Å². The Morgan fingerprint density at radius 1 is 1.00 bits per heavy atom. The molecule has 0 fully saturated rings. The van der Waals surface area contributed by atoms with Crippen molar-refractivity contribution < 1.29 is 4.74 Å². The second-order valence-corrected chi connectivity index (χ2v) is 4.33. The first-order valence-corrected chi connectivity index (χ1v) is 6.26. The quantitative estimate of drug-likeness (QED) is 0.712. The van der Waals surface area contributed by atoms with Crippen molar-refractivity contribution in [2.75, 3.05) is 5.73 Å². The molecule has 0 atom stereocenters. The average Bonchev–Trinajstić information content (AvgIpc) is 2.97. The second-order valence-electron chi connectivity index (χ2n) is 4.33. The summed E-state index contributed by atoms with van der Waals surface area (Å²) in [4.78, 5) is 4.40. The molecule has 0 bridgehead atoms. The maximum absolute atomic E-state index is 5.62. The van der Waals surface area contributed by atoms with Gasteiger partial charge in [0.2, 0.25) is 0 Å². The van der Waals surface area contributed by atoms with Crippen LogP contribution < -0.4 is 10.5 Å². The number of benzene rings is 2. The Morgan fingerprint density at radius 3 is 2.50 bits per heavy atom. The van der Waals surface area contributed by atoms with Crippen LogP contribution in [-0.2, 0) is 6.61 Å².